The first-order chi connectivity index (χ1) is 17.7. The summed E-state index contributed by atoms with van der Waals surface area (Å²) in [4.78, 5) is 51.2. The third kappa shape index (κ3) is 4.27. The van der Waals surface area contributed by atoms with E-state index in [1.807, 2.05) is 31.2 Å². The van der Waals surface area contributed by atoms with Crippen LogP contribution in [0.4, 0.5) is 11.5 Å². The predicted octanol–water partition coefficient (Wildman–Crippen LogP) is 3.64. The number of carbonyl (C=O) groups is 4. The van der Waals surface area contributed by atoms with Crippen LogP contribution in [0, 0.1) is 13.8 Å². The highest BCUT2D eigenvalue weighted by Crippen LogP contribution is 2.33. The quantitative estimate of drug-likeness (QED) is 0.281. The molecule has 3 aromatic carbocycles. The maximum absolute atomic E-state index is 13.0. The summed E-state index contributed by atoms with van der Waals surface area (Å²) in [5.74, 6) is -1.86. The molecule has 1 aromatic heterocycles. The third-order valence-electron chi connectivity index (χ3n) is 6.07. The lowest BCUT2D eigenvalue weighted by molar-refractivity contribution is -0.119. The SMILES string of the molecule is Cc1ccc(-n2nc(C)cc2NC(=O)COC(=O)c2ccc3c(c2N)C(=O)c2ccccc2C3=O)cc1. The van der Waals surface area contributed by atoms with Crippen molar-refractivity contribution in [2.45, 2.75) is 13.8 Å². The van der Waals surface area contributed by atoms with Gasteiger partial charge in [0.15, 0.2) is 18.2 Å². The Morgan fingerprint density at radius 3 is 2.30 bits per heavy atom. The van der Waals surface area contributed by atoms with Gasteiger partial charge in [-0.1, -0.05) is 42.0 Å². The Morgan fingerprint density at radius 2 is 1.59 bits per heavy atom. The van der Waals surface area contributed by atoms with Crippen molar-refractivity contribution >= 4 is 34.9 Å². The second-order valence-electron chi connectivity index (χ2n) is 8.70. The summed E-state index contributed by atoms with van der Waals surface area (Å²) in [6.45, 7) is 3.17. The molecule has 4 aromatic rings. The molecular formula is C28H22N4O5. The van der Waals surface area contributed by atoms with Crippen molar-refractivity contribution in [3.05, 3.63) is 106 Å². The molecule has 1 amide bonds. The Balaban J connectivity index is 1.32. The third-order valence-corrected chi connectivity index (χ3v) is 6.07. The molecule has 0 atom stereocenters. The first-order valence-electron chi connectivity index (χ1n) is 11.5. The lowest BCUT2D eigenvalue weighted by Gasteiger charge is -2.20. The van der Waals surface area contributed by atoms with Gasteiger partial charge in [-0.25, -0.2) is 9.48 Å². The van der Waals surface area contributed by atoms with E-state index in [2.05, 4.69) is 10.4 Å². The van der Waals surface area contributed by atoms with Crippen LogP contribution in [0.5, 0.6) is 0 Å². The highest BCUT2D eigenvalue weighted by Gasteiger charge is 2.33. The highest BCUT2D eigenvalue weighted by atomic mass is 16.5. The van der Waals surface area contributed by atoms with Crippen molar-refractivity contribution in [3.63, 3.8) is 0 Å². The number of anilines is 2. The zero-order chi connectivity index (χ0) is 26.3. The van der Waals surface area contributed by atoms with Crippen LogP contribution in [0.3, 0.4) is 0 Å². The van der Waals surface area contributed by atoms with Gasteiger partial charge in [-0.3, -0.25) is 14.4 Å². The minimum Gasteiger partial charge on any atom is -0.452 e. The van der Waals surface area contributed by atoms with E-state index in [9.17, 15) is 19.2 Å². The number of hydrogen-bond donors (Lipinski definition) is 2. The summed E-state index contributed by atoms with van der Waals surface area (Å²) in [6.07, 6.45) is 0. The van der Waals surface area contributed by atoms with Gasteiger partial charge in [-0.05, 0) is 38.1 Å². The monoisotopic (exact) mass is 494 g/mol. The van der Waals surface area contributed by atoms with Crippen molar-refractivity contribution in [1.29, 1.82) is 0 Å². The zero-order valence-corrected chi connectivity index (χ0v) is 20.1. The molecule has 1 heterocycles. The van der Waals surface area contributed by atoms with Crippen LogP contribution in [0.25, 0.3) is 5.69 Å². The summed E-state index contributed by atoms with van der Waals surface area (Å²) in [7, 11) is 0. The molecule has 3 N–H and O–H groups in total. The maximum atomic E-state index is 13.0. The number of nitrogens with two attached hydrogens (primary N) is 1. The van der Waals surface area contributed by atoms with E-state index < -0.39 is 24.3 Å². The number of benzene rings is 3. The number of nitrogen functional groups attached to an aromatic ring is 1. The maximum Gasteiger partial charge on any atom is 0.340 e. The molecule has 0 spiro atoms. The minimum atomic E-state index is -0.891. The number of aryl methyl sites for hydroxylation is 2. The summed E-state index contributed by atoms with van der Waals surface area (Å²) in [5, 5.41) is 7.10. The van der Waals surface area contributed by atoms with Gasteiger partial charge in [0, 0.05) is 22.8 Å². The molecule has 1 aliphatic carbocycles. The lowest BCUT2D eigenvalue weighted by atomic mass is 9.82. The number of ketones is 2. The molecule has 0 bridgehead atoms. The van der Waals surface area contributed by atoms with Gasteiger partial charge in [0.25, 0.3) is 5.91 Å². The summed E-state index contributed by atoms with van der Waals surface area (Å²) >= 11 is 0. The molecule has 0 unspecified atom stereocenters. The molecule has 9 nitrogen and oxygen atoms in total. The minimum absolute atomic E-state index is 0.0416. The van der Waals surface area contributed by atoms with Gasteiger partial charge in [0.1, 0.15) is 5.82 Å². The summed E-state index contributed by atoms with van der Waals surface area (Å²) in [6, 6.07) is 18.4. The van der Waals surface area contributed by atoms with Crippen LogP contribution in [-0.4, -0.2) is 39.8 Å². The van der Waals surface area contributed by atoms with E-state index in [1.54, 1.807) is 35.9 Å². The second-order valence-corrected chi connectivity index (χ2v) is 8.70. The normalized spacial score (nSPS) is 12.1. The fraction of sp³-hybridized carbons (Fsp3) is 0.107. The van der Waals surface area contributed by atoms with Crippen molar-refractivity contribution in [1.82, 2.24) is 9.78 Å². The molecule has 1 aliphatic rings. The molecule has 9 heteroatoms. The lowest BCUT2D eigenvalue weighted by Crippen LogP contribution is -2.25. The van der Waals surface area contributed by atoms with Crippen LogP contribution < -0.4 is 11.1 Å². The molecule has 5 rings (SSSR count). The summed E-state index contributed by atoms with van der Waals surface area (Å²) < 4.78 is 6.76. The van der Waals surface area contributed by atoms with Crippen molar-refractivity contribution < 1.29 is 23.9 Å². The topological polar surface area (TPSA) is 133 Å². The van der Waals surface area contributed by atoms with Gasteiger partial charge in [0.05, 0.1) is 28.2 Å². The van der Waals surface area contributed by atoms with E-state index in [1.165, 1.54) is 18.2 Å². The summed E-state index contributed by atoms with van der Waals surface area (Å²) in [5.41, 5.74) is 9.00. The average molecular weight is 495 g/mol. The Labute approximate surface area is 211 Å². The first-order valence-corrected chi connectivity index (χ1v) is 11.5. The molecule has 0 radical (unpaired) electrons. The first kappa shape index (κ1) is 23.7. The standard InChI is InChI=1S/C28H22N4O5/c1-15-7-9-17(10-8-15)32-22(13-16(2)31-32)30-23(33)14-37-28(36)21-12-11-20-24(25(21)29)27(35)19-6-4-3-5-18(19)26(20)34/h3-13H,14,29H2,1-2H3,(H,30,33). The number of fused-ring (bicyclic) bond motifs is 2. The number of amides is 1. The van der Waals surface area contributed by atoms with E-state index in [-0.39, 0.29) is 39.3 Å². The van der Waals surface area contributed by atoms with E-state index in [0.29, 0.717) is 11.5 Å². The number of rotatable bonds is 5. The van der Waals surface area contributed by atoms with Crippen molar-refractivity contribution in [3.8, 4) is 5.69 Å². The molecule has 0 fully saturated rings. The Hall–Kier alpha value is -5.05. The number of ether oxygens (including phenoxy) is 1. The molecule has 0 saturated heterocycles. The molecule has 37 heavy (non-hydrogen) atoms. The fourth-order valence-electron chi connectivity index (χ4n) is 4.25. The van der Waals surface area contributed by atoms with Crippen LogP contribution in [0.1, 0.15) is 53.5 Å². The van der Waals surface area contributed by atoms with Gasteiger partial charge < -0.3 is 15.8 Å². The van der Waals surface area contributed by atoms with Crippen LogP contribution in [0.15, 0.2) is 66.7 Å². The Kier molecular flexibility index (Phi) is 5.88. The van der Waals surface area contributed by atoms with E-state index in [0.717, 1.165) is 11.3 Å². The zero-order valence-electron chi connectivity index (χ0n) is 20.1. The van der Waals surface area contributed by atoms with Crippen molar-refractivity contribution in [2.24, 2.45) is 0 Å². The molecule has 184 valence electrons. The predicted molar refractivity (Wildman–Crippen MR) is 136 cm³/mol. The number of carbonyl (C=O) groups excluding carboxylic acids is 4. The number of aromatic nitrogens is 2. The van der Waals surface area contributed by atoms with Crippen LogP contribution >= 0.6 is 0 Å². The Morgan fingerprint density at radius 1 is 0.919 bits per heavy atom. The largest absolute Gasteiger partial charge is 0.452 e. The average Bonchev–Trinajstić information content (AvgIpc) is 3.25. The Bertz CT molecular complexity index is 1600. The smallest absolute Gasteiger partial charge is 0.340 e. The molecular weight excluding hydrogens is 472 g/mol. The number of esters is 1. The van der Waals surface area contributed by atoms with Crippen molar-refractivity contribution in [2.75, 3.05) is 17.7 Å². The van der Waals surface area contributed by atoms with Gasteiger partial charge >= 0.3 is 5.97 Å². The van der Waals surface area contributed by atoms with E-state index >= 15 is 0 Å². The van der Waals surface area contributed by atoms with E-state index in [4.69, 9.17) is 10.5 Å². The van der Waals surface area contributed by atoms with Gasteiger partial charge in [0.2, 0.25) is 0 Å². The molecule has 0 aliphatic heterocycles. The fourth-order valence-corrected chi connectivity index (χ4v) is 4.25. The van der Waals surface area contributed by atoms with Crippen LogP contribution in [0.2, 0.25) is 0 Å². The second kappa shape index (κ2) is 9.19. The number of hydrogen-bond acceptors (Lipinski definition) is 7. The number of nitrogens with zero attached hydrogens (tertiary/aromatic N) is 2. The van der Waals surface area contributed by atoms with Crippen LogP contribution in [-0.2, 0) is 9.53 Å². The highest BCUT2D eigenvalue weighted by molar-refractivity contribution is 6.30. The number of nitrogens with one attached hydrogen (secondary N) is 1. The van der Waals surface area contributed by atoms with Gasteiger partial charge in [-0.2, -0.15) is 5.10 Å². The van der Waals surface area contributed by atoms with Gasteiger partial charge in [-0.15, -0.1) is 0 Å². The molecule has 0 saturated carbocycles.